The molecular weight excluding hydrogens is 320 g/mol. The lowest BCUT2D eigenvalue weighted by Gasteiger charge is -2.08. The topological polar surface area (TPSA) is 69.2 Å². The minimum Gasteiger partial charge on any atom is -0.493 e. The lowest BCUT2D eigenvalue weighted by atomic mass is 10.2. The SMILES string of the molecule is C=CCOc1ccc(/C=N\NC(=O)c2ccc(OC)c(OC)c2)cc1. The first kappa shape index (κ1) is 18.1. The molecule has 0 saturated carbocycles. The second kappa shape index (κ2) is 9.12. The van der Waals surface area contributed by atoms with Gasteiger partial charge in [-0.2, -0.15) is 5.10 Å². The quantitative estimate of drug-likeness (QED) is 0.456. The summed E-state index contributed by atoms with van der Waals surface area (Å²) >= 11 is 0. The van der Waals surface area contributed by atoms with E-state index in [1.807, 2.05) is 24.3 Å². The molecular formula is C19H20N2O4. The number of methoxy groups -OCH3 is 2. The minimum absolute atomic E-state index is 0.344. The predicted molar refractivity (Wildman–Crippen MR) is 96.7 cm³/mol. The highest BCUT2D eigenvalue weighted by Crippen LogP contribution is 2.27. The standard InChI is InChI=1S/C19H20N2O4/c1-4-11-25-16-8-5-14(6-9-16)13-20-21-19(22)15-7-10-17(23-2)18(12-15)24-3/h4-10,12-13H,1,11H2,2-3H3,(H,21,22)/b20-13-. The zero-order chi connectivity index (χ0) is 18.1. The second-order valence-electron chi connectivity index (χ2n) is 4.94. The maximum absolute atomic E-state index is 12.1. The van der Waals surface area contributed by atoms with E-state index in [1.165, 1.54) is 14.2 Å². The van der Waals surface area contributed by atoms with Crippen molar-refractivity contribution in [1.82, 2.24) is 5.43 Å². The van der Waals surface area contributed by atoms with Crippen molar-refractivity contribution in [3.05, 3.63) is 66.2 Å². The van der Waals surface area contributed by atoms with Crippen LogP contribution >= 0.6 is 0 Å². The van der Waals surface area contributed by atoms with Gasteiger partial charge in [0.05, 0.1) is 20.4 Å². The Balaban J connectivity index is 1.97. The van der Waals surface area contributed by atoms with Crippen LogP contribution in [0.1, 0.15) is 15.9 Å². The number of rotatable bonds is 8. The molecule has 2 rings (SSSR count). The molecule has 0 spiro atoms. The average Bonchev–Trinajstić information content (AvgIpc) is 2.66. The number of hydrogen-bond donors (Lipinski definition) is 1. The zero-order valence-corrected chi connectivity index (χ0v) is 14.2. The third kappa shape index (κ3) is 5.10. The van der Waals surface area contributed by atoms with Crippen molar-refractivity contribution in [2.24, 2.45) is 5.10 Å². The fourth-order valence-electron chi connectivity index (χ4n) is 2.01. The van der Waals surface area contributed by atoms with E-state index in [9.17, 15) is 4.79 Å². The summed E-state index contributed by atoms with van der Waals surface area (Å²) in [5.74, 6) is 1.44. The smallest absolute Gasteiger partial charge is 0.271 e. The van der Waals surface area contributed by atoms with Crippen LogP contribution in [0.2, 0.25) is 0 Å². The molecule has 6 heteroatoms. The van der Waals surface area contributed by atoms with Gasteiger partial charge in [-0.3, -0.25) is 4.79 Å². The van der Waals surface area contributed by atoms with E-state index in [4.69, 9.17) is 14.2 Å². The Morgan fingerprint density at radius 2 is 1.84 bits per heavy atom. The van der Waals surface area contributed by atoms with Gasteiger partial charge in [-0.25, -0.2) is 5.43 Å². The summed E-state index contributed by atoms with van der Waals surface area (Å²) in [6, 6.07) is 12.2. The van der Waals surface area contributed by atoms with Crippen molar-refractivity contribution >= 4 is 12.1 Å². The molecule has 0 aliphatic rings. The van der Waals surface area contributed by atoms with E-state index in [2.05, 4.69) is 17.1 Å². The summed E-state index contributed by atoms with van der Waals surface area (Å²) in [5.41, 5.74) is 3.73. The first-order valence-electron chi connectivity index (χ1n) is 7.57. The molecule has 1 N–H and O–H groups in total. The molecule has 130 valence electrons. The molecule has 25 heavy (non-hydrogen) atoms. The number of nitrogens with one attached hydrogen (secondary N) is 1. The molecule has 6 nitrogen and oxygen atoms in total. The largest absolute Gasteiger partial charge is 0.493 e. The molecule has 0 heterocycles. The molecule has 0 aliphatic carbocycles. The Bertz CT molecular complexity index is 755. The van der Waals surface area contributed by atoms with Crippen LogP contribution in [0.4, 0.5) is 0 Å². The van der Waals surface area contributed by atoms with Crippen molar-refractivity contribution in [1.29, 1.82) is 0 Å². The van der Waals surface area contributed by atoms with Crippen LogP contribution in [-0.2, 0) is 0 Å². The first-order valence-corrected chi connectivity index (χ1v) is 7.57. The first-order chi connectivity index (χ1) is 12.2. The van der Waals surface area contributed by atoms with Gasteiger partial charge in [-0.05, 0) is 48.0 Å². The van der Waals surface area contributed by atoms with E-state index < -0.39 is 0 Å². The van der Waals surface area contributed by atoms with Crippen LogP contribution in [-0.4, -0.2) is 32.9 Å². The molecule has 0 aromatic heterocycles. The Morgan fingerprint density at radius 3 is 2.48 bits per heavy atom. The number of ether oxygens (including phenoxy) is 3. The Morgan fingerprint density at radius 1 is 1.12 bits per heavy atom. The van der Waals surface area contributed by atoms with Gasteiger partial charge in [0.2, 0.25) is 0 Å². The number of carbonyl (C=O) groups is 1. The molecule has 0 unspecified atom stereocenters. The average molecular weight is 340 g/mol. The van der Waals surface area contributed by atoms with Gasteiger partial charge in [0.1, 0.15) is 12.4 Å². The molecule has 0 atom stereocenters. The van der Waals surface area contributed by atoms with Crippen molar-refractivity contribution in [3.63, 3.8) is 0 Å². The van der Waals surface area contributed by atoms with Crippen LogP contribution < -0.4 is 19.6 Å². The Kier molecular flexibility index (Phi) is 6.59. The summed E-state index contributed by atoms with van der Waals surface area (Å²) in [4.78, 5) is 12.1. The Hall–Kier alpha value is -3.28. The van der Waals surface area contributed by atoms with Gasteiger partial charge in [0.25, 0.3) is 5.91 Å². The van der Waals surface area contributed by atoms with Crippen molar-refractivity contribution in [3.8, 4) is 17.2 Å². The van der Waals surface area contributed by atoms with Crippen LogP contribution in [0, 0.1) is 0 Å². The number of nitrogens with zero attached hydrogens (tertiary/aromatic N) is 1. The molecule has 2 aromatic carbocycles. The van der Waals surface area contributed by atoms with Crippen LogP contribution in [0.5, 0.6) is 17.2 Å². The summed E-state index contributed by atoms with van der Waals surface area (Å²) in [6.45, 7) is 4.05. The van der Waals surface area contributed by atoms with Gasteiger partial charge >= 0.3 is 0 Å². The summed E-state index contributed by atoms with van der Waals surface area (Å²) in [5, 5.41) is 3.95. The van der Waals surface area contributed by atoms with Crippen LogP contribution in [0.15, 0.2) is 60.2 Å². The molecule has 2 aromatic rings. The summed E-state index contributed by atoms with van der Waals surface area (Å²) in [7, 11) is 3.05. The number of amides is 1. The molecule has 0 aliphatic heterocycles. The highest BCUT2D eigenvalue weighted by atomic mass is 16.5. The molecule has 0 saturated heterocycles. The van der Waals surface area contributed by atoms with E-state index in [1.54, 1.807) is 30.5 Å². The number of hydrogen-bond acceptors (Lipinski definition) is 5. The van der Waals surface area contributed by atoms with Crippen molar-refractivity contribution in [2.45, 2.75) is 0 Å². The lowest BCUT2D eigenvalue weighted by molar-refractivity contribution is 0.0954. The van der Waals surface area contributed by atoms with Gasteiger partial charge in [-0.15, -0.1) is 0 Å². The Labute approximate surface area is 146 Å². The maximum atomic E-state index is 12.1. The summed E-state index contributed by atoms with van der Waals surface area (Å²) in [6.07, 6.45) is 3.23. The predicted octanol–water partition coefficient (Wildman–Crippen LogP) is 3.03. The van der Waals surface area contributed by atoms with Crippen LogP contribution in [0.25, 0.3) is 0 Å². The molecule has 0 bridgehead atoms. The fourth-order valence-corrected chi connectivity index (χ4v) is 2.01. The number of benzene rings is 2. The monoisotopic (exact) mass is 340 g/mol. The van der Waals surface area contributed by atoms with Gasteiger partial charge in [-0.1, -0.05) is 12.7 Å². The van der Waals surface area contributed by atoms with E-state index >= 15 is 0 Å². The van der Waals surface area contributed by atoms with Gasteiger partial charge in [0, 0.05) is 5.56 Å². The third-order valence-corrected chi connectivity index (χ3v) is 3.27. The minimum atomic E-state index is -0.344. The van der Waals surface area contributed by atoms with E-state index in [-0.39, 0.29) is 5.91 Å². The molecule has 0 radical (unpaired) electrons. The fraction of sp³-hybridized carbons (Fsp3) is 0.158. The third-order valence-electron chi connectivity index (χ3n) is 3.27. The summed E-state index contributed by atoms with van der Waals surface area (Å²) < 4.78 is 15.7. The van der Waals surface area contributed by atoms with E-state index in [0.717, 1.165) is 11.3 Å². The molecule has 0 fully saturated rings. The van der Waals surface area contributed by atoms with Crippen LogP contribution in [0.3, 0.4) is 0 Å². The lowest BCUT2D eigenvalue weighted by Crippen LogP contribution is -2.17. The van der Waals surface area contributed by atoms with Crippen molar-refractivity contribution in [2.75, 3.05) is 20.8 Å². The van der Waals surface area contributed by atoms with Crippen molar-refractivity contribution < 1.29 is 19.0 Å². The maximum Gasteiger partial charge on any atom is 0.271 e. The van der Waals surface area contributed by atoms with E-state index in [0.29, 0.717) is 23.7 Å². The number of hydrazone groups is 1. The second-order valence-corrected chi connectivity index (χ2v) is 4.94. The highest BCUT2D eigenvalue weighted by Gasteiger charge is 2.09. The number of carbonyl (C=O) groups excluding carboxylic acids is 1. The molecule has 1 amide bonds. The van der Waals surface area contributed by atoms with Gasteiger partial charge in [0.15, 0.2) is 11.5 Å². The highest BCUT2D eigenvalue weighted by molar-refractivity contribution is 5.95. The van der Waals surface area contributed by atoms with Gasteiger partial charge < -0.3 is 14.2 Å². The zero-order valence-electron chi connectivity index (χ0n) is 14.2. The normalized spacial score (nSPS) is 10.3.